The normalized spacial score (nSPS) is 12.1. The van der Waals surface area contributed by atoms with Crippen molar-refractivity contribution in [2.75, 3.05) is 4.72 Å². The molecule has 1 N–H and O–H groups in total. The zero-order chi connectivity index (χ0) is 21.1. The van der Waals surface area contributed by atoms with Gasteiger partial charge in [0.05, 0.1) is 26.2 Å². The van der Waals surface area contributed by atoms with Crippen molar-refractivity contribution < 1.29 is 4.21 Å². The summed E-state index contributed by atoms with van der Waals surface area (Å²) in [5.41, 5.74) is 3.23. The third-order valence-corrected chi connectivity index (χ3v) is 6.98. The van der Waals surface area contributed by atoms with Crippen molar-refractivity contribution in [1.82, 2.24) is 15.0 Å². The molecule has 0 bridgehead atoms. The van der Waals surface area contributed by atoms with Crippen LogP contribution in [-0.4, -0.2) is 19.2 Å². The third kappa shape index (κ3) is 4.59. The van der Waals surface area contributed by atoms with E-state index in [0.717, 1.165) is 37.4 Å². The second kappa shape index (κ2) is 9.04. The molecule has 0 aliphatic carbocycles. The number of nitrogens with one attached hydrogen (secondary N) is 1. The molecule has 0 aliphatic heterocycles. The summed E-state index contributed by atoms with van der Waals surface area (Å²) in [7, 11) is -1.35. The Morgan fingerprint density at radius 1 is 1.03 bits per heavy atom. The number of rotatable bonds is 6. The van der Waals surface area contributed by atoms with E-state index in [1.807, 2.05) is 60.7 Å². The predicted octanol–water partition coefficient (Wildman–Crippen LogP) is 6.18. The van der Waals surface area contributed by atoms with Gasteiger partial charge in [0.25, 0.3) is 0 Å². The van der Waals surface area contributed by atoms with Crippen LogP contribution in [0.4, 0.5) is 5.69 Å². The number of aromatic nitrogens is 3. The highest BCUT2D eigenvalue weighted by atomic mass is 35.5. The second-order valence-corrected chi connectivity index (χ2v) is 9.44. The van der Waals surface area contributed by atoms with E-state index in [-0.39, 0.29) is 11.2 Å². The first kappa shape index (κ1) is 20.7. The molecule has 30 heavy (non-hydrogen) atoms. The van der Waals surface area contributed by atoms with Gasteiger partial charge in [0.15, 0.2) is 0 Å². The maximum absolute atomic E-state index is 12.6. The highest BCUT2D eigenvalue weighted by Crippen LogP contribution is 2.39. The molecule has 0 radical (unpaired) electrons. The molecule has 2 heterocycles. The minimum Gasteiger partial charge on any atom is -0.301 e. The van der Waals surface area contributed by atoms with Gasteiger partial charge >= 0.3 is 0 Å². The van der Waals surface area contributed by atoms with Crippen LogP contribution in [0.3, 0.4) is 0 Å². The van der Waals surface area contributed by atoms with Crippen molar-refractivity contribution in [3.05, 3.63) is 77.2 Å². The number of anilines is 1. The molecule has 4 rings (SSSR count). The van der Waals surface area contributed by atoms with E-state index in [1.54, 1.807) is 17.5 Å². The molecule has 0 amide bonds. The minimum absolute atomic E-state index is 0.201. The quantitative estimate of drug-likeness (QED) is 0.353. The molecule has 0 spiro atoms. The molecule has 1 atom stereocenters. The highest BCUT2D eigenvalue weighted by Gasteiger charge is 2.18. The number of hydrogen-bond donors (Lipinski definition) is 1. The lowest BCUT2D eigenvalue weighted by Gasteiger charge is -2.08. The summed E-state index contributed by atoms with van der Waals surface area (Å²) < 4.78 is 15.7. The molecule has 0 saturated carbocycles. The molecule has 8 heteroatoms. The summed E-state index contributed by atoms with van der Waals surface area (Å²) in [4.78, 5) is 14.9. The highest BCUT2D eigenvalue weighted by molar-refractivity contribution is 7.86. The Kier molecular flexibility index (Phi) is 6.22. The van der Waals surface area contributed by atoms with Gasteiger partial charge in [0, 0.05) is 23.4 Å². The Morgan fingerprint density at radius 2 is 1.83 bits per heavy atom. The van der Waals surface area contributed by atoms with Crippen LogP contribution in [0.5, 0.6) is 0 Å². The Morgan fingerprint density at radius 3 is 2.57 bits per heavy atom. The predicted molar refractivity (Wildman–Crippen MR) is 124 cm³/mol. The lowest BCUT2D eigenvalue weighted by molar-refractivity contribution is 0.686. The molecule has 1 unspecified atom stereocenters. The topological polar surface area (TPSA) is 67.8 Å². The van der Waals surface area contributed by atoms with Gasteiger partial charge in [-0.1, -0.05) is 44.2 Å². The molecule has 0 fully saturated rings. The zero-order valence-electron chi connectivity index (χ0n) is 16.4. The monoisotopic (exact) mass is 454 g/mol. The van der Waals surface area contributed by atoms with Gasteiger partial charge in [0.2, 0.25) is 5.28 Å². The molecule has 5 nitrogen and oxygen atoms in total. The molecule has 2 aromatic heterocycles. The lowest BCUT2D eigenvalue weighted by Crippen LogP contribution is -2.04. The SMILES string of the molecule is CC(C)c1nc(-c2cccc(NS(=O)c3ccccc3)c2)c(-c2ccnc(Cl)n2)s1. The van der Waals surface area contributed by atoms with E-state index in [2.05, 4.69) is 28.5 Å². The third-order valence-electron chi connectivity index (χ3n) is 4.30. The second-order valence-electron chi connectivity index (χ2n) is 6.86. The van der Waals surface area contributed by atoms with Gasteiger partial charge < -0.3 is 4.72 Å². The van der Waals surface area contributed by atoms with Crippen LogP contribution in [0, 0.1) is 0 Å². The number of halogens is 1. The fraction of sp³-hybridized carbons (Fsp3) is 0.136. The van der Waals surface area contributed by atoms with Crippen molar-refractivity contribution in [3.8, 4) is 21.8 Å². The lowest BCUT2D eigenvalue weighted by atomic mass is 10.1. The van der Waals surface area contributed by atoms with Crippen LogP contribution >= 0.6 is 22.9 Å². The average molecular weight is 455 g/mol. The fourth-order valence-electron chi connectivity index (χ4n) is 2.85. The van der Waals surface area contributed by atoms with Crippen LogP contribution in [0.1, 0.15) is 24.8 Å². The zero-order valence-corrected chi connectivity index (χ0v) is 18.8. The molecular weight excluding hydrogens is 436 g/mol. The Hall–Kier alpha value is -2.61. The van der Waals surface area contributed by atoms with Gasteiger partial charge in [-0.15, -0.1) is 11.3 Å². The Bertz CT molecular complexity index is 1190. The van der Waals surface area contributed by atoms with Gasteiger partial charge in [-0.3, -0.25) is 0 Å². The number of benzene rings is 2. The number of thiazole rings is 1. The maximum atomic E-state index is 12.6. The molecule has 152 valence electrons. The van der Waals surface area contributed by atoms with Crippen molar-refractivity contribution in [1.29, 1.82) is 0 Å². The van der Waals surface area contributed by atoms with Crippen LogP contribution in [-0.2, 0) is 11.0 Å². The summed E-state index contributed by atoms with van der Waals surface area (Å²) in [5.74, 6) is 0.284. The van der Waals surface area contributed by atoms with Crippen LogP contribution < -0.4 is 4.72 Å². The first-order valence-electron chi connectivity index (χ1n) is 9.35. The van der Waals surface area contributed by atoms with Crippen molar-refractivity contribution in [2.45, 2.75) is 24.7 Å². The average Bonchev–Trinajstić information content (AvgIpc) is 3.21. The van der Waals surface area contributed by atoms with Gasteiger partial charge in [-0.05, 0) is 41.9 Å². The maximum Gasteiger partial charge on any atom is 0.222 e. The van der Waals surface area contributed by atoms with E-state index in [4.69, 9.17) is 16.6 Å². The van der Waals surface area contributed by atoms with E-state index >= 15 is 0 Å². The van der Waals surface area contributed by atoms with Crippen molar-refractivity contribution >= 4 is 39.6 Å². The van der Waals surface area contributed by atoms with Crippen LogP contribution in [0.25, 0.3) is 21.8 Å². The van der Waals surface area contributed by atoms with E-state index < -0.39 is 11.0 Å². The fourth-order valence-corrected chi connectivity index (χ4v) is 4.93. The number of nitrogens with zero attached hydrogens (tertiary/aromatic N) is 3. The molecule has 0 saturated heterocycles. The van der Waals surface area contributed by atoms with Crippen molar-refractivity contribution in [2.24, 2.45) is 0 Å². The van der Waals surface area contributed by atoms with E-state index in [0.29, 0.717) is 0 Å². The first-order valence-corrected chi connectivity index (χ1v) is 11.7. The van der Waals surface area contributed by atoms with E-state index in [1.165, 1.54) is 0 Å². The van der Waals surface area contributed by atoms with Gasteiger partial charge in [-0.25, -0.2) is 19.2 Å². The van der Waals surface area contributed by atoms with Crippen LogP contribution in [0.15, 0.2) is 71.8 Å². The standard InChI is InChI=1S/C22H19ClN4OS2/c1-14(2)21-26-19(20(29-21)18-11-12-24-22(23)25-18)15-7-6-8-16(13-15)27-30(28)17-9-4-3-5-10-17/h3-14,27H,1-2H3. The molecule has 4 aromatic rings. The Labute approximate surface area is 186 Å². The molecule has 0 aliphatic rings. The van der Waals surface area contributed by atoms with Gasteiger partial charge in [0.1, 0.15) is 11.0 Å². The molecular formula is C22H19ClN4OS2. The largest absolute Gasteiger partial charge is 0.301 e. The Balaban J connectivity index is 1.72. The first-order chi connectivity index (χ1) is 14.5. The van der Waals surface area contributed by atoms with Gasteiger partial charge in [-0.2, -0.15) is 0 Å². The summed E-state index contributed by atoms with van der Waals surface area (Å²) in [6, 6.07) is 18.9. The van der Waals surface area contributed by atoms with Crippen LogP contribution in [0.2, 0.25) is 5.28 Å². The summed E-state index contributed by atoms with van der Waals surface area (Å²) in [6.45, 7) is 4.22. The number of hydrogen-bond acceptors (Lipinski definition) is 5. The minimum atomic E-state index is -1.35. The smallest absolute Gasteiger partial charge is 0.222 e. The molecule has 2 aromatic carbocycles. The van der Waals surface area contributed by atoms with E-state index in [9.17, 15) is 4.21 Å². The summed E-state index contributed by atoms with van der Waals surface area (Å²) in [6.07, 6.45) is 1.64. The summed E-state index contributed by atoms with van der Waals surface area (Å²) in [5, 5.41) is 1.22. The van der Waals surface area contributed by atoms with Crippen molar-refractivity contribution in [3.63, 3.8) is 0 Å². The summed E-state index contributed by atoms with van der Waals surface area (Å²) >= 11 is 7.62.